The van der Waals surface area contributed by atoms with Crippen LogP contribution < -0.4 is 10.1 Å². The van der Waals surface area contributed by atoms with Crippen LogP contribution in [0.15, 0.2) is 64.3 Å². The molecule has 0 amide bonds. The average Bonchev–Trinajstić information content (AvgIpc) is 3.27. The first kappa shape index (κ1) is 20.4. The summed E-state index contributed by atoms with van der Waals surface area (Å²) in [5.41, 5.74) is 3.98. The highest BCUT2D eigenvalue weighted by atomic mass is 32.1. The summed E-state index contributed by atoms with van der Waals surface area (Å²) < 4.78 is 10.7. The van der Waals surface area contributed by atoms with E-state index in [1.165, 1.54) is 0 Å². The number of methoxy groups -OCH3 is 1. The van der Waals surface area contributed by atoms with Crippen molar-refractivity contribution in [2.75, 3.05) is 13.7 Å². The third kappa shape index (κ3) is 3.67. The van der Waals surface area contributed by atoms with Gasteiger partial charge in [-0.15, -0.1) is 11.3 Å². The quantitative estimate of drug-likeness (QED) is 0.708. The van der Waals surface area contributed by atoms with E-state index < -0.39 is 0 Å². The van der Waals surface area contributed by atoms with E-state index in [1.807, 2.05) is 48.7 Å². The van der Waals surface area contributed by atoms with Crippen LogP contribution in [0.2, 0.25) is 0 Å². The zero-order valence-corrected chi connectivity index (χ0v) is 18.2. The maximum atomic E-state index is 13.4. The van der Waals surface area contributed by atoms with Crippen LogP contribution in [0.3, 0.4) is 0 Å². The lowest BCUT2D eigenvalue weighted by Crippen LogP contribution is -2.35. The van der Waals surface area contributed by atoms with Gasteiger partial charge >= 0.3 is 5.97 Å². The Hall–Kier alpha value is -2.86. The standard InChI is InChI=1S/C24H25NO4S/c1-4-29-24(27)21-14(2)25-18-12-16(15-7-5-8-17(11-15)28-3)13-19(26)22(18)23(21)20-9-6-10-30-20/h5-11,16,23,25H,4,12-13H2,1-3H3. The van der Waals surface area contributed by atoms with Gasteiger partial charge in [-0.05, 0) is 55.3 Å². The number of dihydropyridines is 1. The molecule has 1 aromatic carbocycles. The number of thiophene rings is 1. The summed E-state index contributed by atoms with van der Waals surface area (Å²) in [4.78, 5) is 27.2. The van der Waals surface area contributed by atoms with Crippen molar-refractivity contribution in [3.05, 3.63) is 74.8 Å². The molecule has 1 aliphatic heterocycles. The molecule has 2 unspecified atom stereocenters. The van der Waals surface area contributed by atoms with E-state index in [-0.39, 0.29) is 23.6 Å². The molecular weight excluding hydrogens is 398 g/mol. The van der Waals surface area contributed by atoms with Gasteiger partial charge in [0, 0.05) is 28.3 Å². The minimum Gasteiger partial charge on any atom is -0.497 e. The second-order valence-corrected chi connectivity index (χ2v) is 8.51. The maximum absolute atomic E-state index is 13.4. The zero-order valence-electron chi connectivity index (χ0n) is 17.4. The highest BCUT2D eigenvalue weighted by Gasteiger charge is 2.41. The van der Waals surface area contributed by atoms with Crippen LogP contribution in [-0.2, 0) is 14.3 Å². The molecule has 0 radical (unpaired) electrons. The van der Waals surface area contributed by atoms with Crippen LogP contribution in [0, 0.1) is 0 Å². The molecule has 2 atom stereocenters. The summed E-state index contributed by atoms with van der Waals surface area (Å²) in [7, 11) is 1.64. The molecule has 6 heteroatoms. The smallest absolute Gasteiger partial charge is 0.336 e. The minimum absolute atomic E-state index is 0.0692. The van der Waals surface area contributed by atoms with E-state index in [4.69, 9.17) is 9.47 Å². The third-order valence-electron chi connectivity index (χ3n) is 5.72. The van der Waals surface area contributed by atoms with Crippen LogP contribution >= 0.6 is 11.3 Å². The number of Topliss-reactive ketones (excluding diaryl/α,β-unsaturated/α-hetero) is 1. The summed E-state index contributed by atoms with van der Waals surface area (Å²) in [5, 5.41) is 5.34. The number of allylic oxidation sites excluding steroid dienone is 3. The van der Waals surface area contributed by atoms with Gasteiger partial charge in [0.2, 0.25) is 0 Å². The number of hydrogen-bond acceptors (Lipinski definition) is 6. The number of hydrogen-bond donors (Lipinski definition) is 1. The van der Waals surface area contributed by atoms with Crippen molar-refractivity contribution >= 4 is 23.1 Å². The first-order chi connectivity index (χ1) is 14.5. The van der Waals surface area contributed by atoms with E-state index in [0.717, 1.165) is 27.6 Å². The first-order valence-corrected chi connectivity index (χ1v) is 11.0. The van der Waals surface area contributed by atoms with Crippen LogP contribution in [0.4, 0.5) is 0 Å². The molecule has 1 aromatic heterocycles. The Morgan fingerprint density at radius 2 is 2.07 bits per heavy atom. The van der Waals surface area contributed by atoms with Gasteiger partial charge in [-0.1, -0.05) is 18.2 Å². The van der Waals surface area contributed by atoms with Crippen molar-refractivity contribution in [3.63, 3.8) is 0 Å². The van der Waals surface area contributed by atoms with E-state index >= 15 is 0 Å². The molecule has 1 N–H and O–H groups in total. The Balaban J connectivity index is 1.75. The van der Waals surface area contributed by atoms with Gasteiger partial charge in [-0.25, -0.2) is 4.79 Å². The molecular formula is C24H25NO4S. The van der Waals surface area contributed by atoms with Gasteiger partial charge in [0.15, 0.2) is 5.78 Å². The van der Waals surface area contributed by atoms with Crippen molar-refractivity contribution in [2.24, 2.45) is 0 Å². The Labute approximate surface area is 180 Å². The molecule has 2 aromatic rings. The van der Waals surface area contributed by atoms with Gasteiger partial charge < -0.3 is 14.8 Å². The van der Waals surface area contributed by atoms with Gasteiger partial charge in [0.1, 0.15) is 5.75 Å². The monoisotopic (exact) mass is 423 g/mol. The van der Waals surface area contributed by atoms with E-state index in [0.29, 0.717) is 30.6 Å². The fourth-order valence-electron chi connectivity index (χ4n) is 4.39. The lowest BCUT2D eigenvalue weighted by molar-refractivity contribution is -0.138. The lowest BCUT2D eigenvalue weighted by atomic mass is 9.73. The SMILES string of the molecule is CCOC(=O)C1=C(C)NC2=C(C(=O)CC(c3cccc(OC)c3)C2)C1c1cccs1. The summed E-state index contributed by atoms with van der Waals surface area (Å²) in [6.07, 6.45) is 1.12. The summed E-state index contributed by atoms with van der Waals surface area (Å²) in [5.74, 6) is 0.187. The predicted molar refractivity (Wildman–Crippen MR) is 117 cm³/mol. The Kier molecular flexibility index (Phi) is 5.77. The number of carbonyl (C=O) groups excluding carboxylic acids is 2. The first-order valence-electron chi connectivity index (χ1n) is 10.1. The van der Waals surface area contributed by atoms with Gasteiger partial charge in [0.25, 0.3) is 0 Å². The topological polar surface area (TPSA) is 64.6 Å². The second kappa shape index (κ2) is 8.48. The largest absolute Gasteiger partial charge is 0.497 e. The van der Waals surface area contributed by atoms with Crippen molar-refractivity contribution in [2.45, 2.75) is 38.5 Å². The van der Waals surface area contributed by atoms with Crippen LogP contribution in [-0.4, -0.2) is 25.5 Å². The van der Waals surface area contributed by atoms with Crippen molar-refractivity contribution in [3.8, 4) is 5.75 Å². The Morgan fingerprint density at radius 3 is 2.77 bits per heavy atom. The van der Waals surface area contributed by atoms with Crippen LogP contribution in [0.1, 0.15) is 49.0 Å². The molecule has 5 nitrogen and oxygen atoms in total. The molecule has 2 aliphatic rings. The number of ketones is 1. The molecule has 1 aliphatic carbocycles. The maximum Gasteiger partial charge on any atom is 0.336 e. The number of ether oxygens (including phenoxy) is 2. The molecule has 0 spiro atoms. The minimum atomic E-state index is -0.376. The number of benzene rings is 1. The average molecular weight is 424 g/mol. The number of carbonyl (C=O) groups is 2. The summed E-state index contributed by atoms with van der Waals surface area (Å²) in [6.45, 7) is 3.97. The van der Waals surface area contributed by atoms with Gasteiger partial charge in [-0.3, -0.25) is 4.79 Å². The second-order valence-electron chi connectivity index (χ2n) is 7.53. The van der Waals surface area contributed by atoms with Crippen molar-refractivity contribution in [1.82, 2.24) is 5.32 Å². The lowest BCUT2D eigenvalue weighted by Gasteiger charge is -2.36. The van der Waals surface area contributed by atoms with Crippen molar-refractivity contribution in [1.29, 1.82) is 0 Å². The van der Waals surface area contributed by atoms with Crippen molar-refractivity contribution < 1.29 is 19.1 Å². The normalized spacial score (nSPS) is 21.2. The molecule has 0 saturated heterocycles. The molecule has 2 heterocycles. The number of esters is 1. The molecule has 0 saturated carbocycles. The van der Waals surface area contributed by atoms with Gasteiger partial charge in [-0.2, -0.15) is 0 Å². The molecule has 0 fully saturated rings. The summed E-state index contributed by atoms with van der Waals surface area (Å²) >= 11 is 1.56. The summed E-state index contributed by atoms with van der Waals surface area (Å²) in [6, 6.07) is 11.8. The van der Waals surface area contributed by atoms with E-state index in [9.17, 15) is 9.59 Å². The Bertz CT molecular complexity index is 1040. The fraction of sp³-hybridized carbons (Fsp3) is 0.333. The van der Waals surface area contributed by atoms with E-state index in [2.05, 4.69) is 5.32 Å². The molecule has 30 heavy (non-hydrogen) atoms. The molecule has 4 rings (SSSR count). The highest BCUT2D eigenvalue weighted by molar-refractivity contribution is 7.10. The predicted octanol–water partition coefficient (Wildman–Crippen LogP) is 4.68. The Morgan fingerprint density at radius 1 is 1.23 bits per heavy atom. The molecule has 0 bridgehead atoms. The van der Waals surface area contributed by atoms with Gasteiger partial charge in [0.05, 0.1) is 25.2 Å². The number of rotatable bonds is 5. The fourth-order valence-corrected chi connectivity index (χ4v) is 5.23. The van der Waals surface area contributed by atoms with Crippen LogP contribution in [0.5, 0.6) is 5.75 Å². The molecule has 156 valence electrons. The number of nitrogens with one attached hydrogen (secondary N) is 1. The zero-order chi connectivity index (χ0) is 21.3. The highest BCUT2D eigenvalue weighted by Crippen LogP contribution is 2.46. The van der Waals surface area contributed by atoms with Crippen LogP contribution in [0.25, 0.3) is 0 Å². The third-order valence-corrected chi connectivity index (χ3v) is 6.65. The van der Waals surface area contributed by atoms with E-state index in [1.54, 1.807) is 25.4 Å².